The largest absolute Gasteiger partial charge is 0.361 e. The van der Waals surface area contributed by atoms with E-state index >= 15 is 0 Å². The first-order valence-electron chi connectivity index (χ1n) is 8.86. The van der Waals surface area contributed by atoms with Crippen molar-refractivity contribution in [3.05, 3.63) is 35.5 Å². The third-order valence-corrected chi connectivity index (χ3v) is 5.49. The van der Waals surface area contributed by atoms with Crippen LogP contribution in [0.4, 0.5) is 0 Å². The number of fused-ring (bicyclic) bond motifs is 1. The highest BCUT2D eigenvalue weighted by atomic mass is 15.6. The summed E-state index contributed by atoms with van der Waals surface area (Å²) in [6.45, 7) is 4.80. The van der Waals surface area contributed by atoms with Crippen LogP contribution in [0.5, 0.6) is 0 Å². The summed E-state index contributed by atoms with van der Waals surface area (Å²) in [5.74, 6) is 0.610. The van der Waals surface area contributed by atoms with Crippen molar-refractivity contribution in [2.75, 3.05) is 26.2 Å². The number of nitrogens with one attached hydrogen (secondary N) is 1. The summed E-state index contributed by atoms with van der Waals surface area (Å²) >= 11 is 0. The smallest absolute Gasteiger partial charge is 0.0991 e. The molecule has 2 saturated heterocycles. The third-order valence-electron chi connectivity index (χ3n) is 5.49. The lowest BCUT2D eigenvalue weighted by Crippen LogP contribution is -2.48. The van der Waals surface area contributed by atoms with Gasteiger partial charge >= 0.3 is 0 Å². The molecule has 3 heterocycles. The molecule has 0 bridgehead atoms. The second-order valence-electron chi connectivity index (χ2n) is 6.86. The Labute approximate surface area is 137 Å². The van der Waals surface area contributed by atoms with Crippen LogP contribution in [0.2, 0.25) is 0 Å². The molecule has 2 aromatic rings. The van der Waals surface area contributed by atoms with Crippen LogP contribution in [0.3, 0.4) is 0 Å². The number of H-pyrrole nitrogens is 1. The van der Waals surface area contributed by atoms with Crippen molar-refractivity contribution in [3.8, 4) is 6.07 Å². The van der Waals surface area contributed by atoms with Crippen LogP contribution in [0.25, 0.3) is 10.9 Å². The topological polar surface area (TPSA) is 46.1 Å². The number of hydrazine groups is 1. The van der Waals surface area contributed by atoms with E-state index < -0.39 is 0 Å². The number of hydrogen-bond acceptors (Lipinski definition) is 3. The summed E-state index contributed by atoms with van der Waals surface area (Å²) < 4.78 is 0. The van der Waals surface area contributed by atoms with Crippen molar-refractivity contribution in [1.82, 2.24) is 15.0 Å². The Bertz CT molecular complexity index is 713. The van der Waals surface area contributed by atoms with Gasteiger partial charge in [-0.3, -0.25) is 0 Å². The van der Waals surface area contributed by atoms with E-state index in [9.17, 15) is 0 Å². The van der Waals surface area contributed by atoms with Gasteiger partial charge in [0.15, 0.2) is 0 Å². The van der Waals surface area contributed by atoms with Crippen LogP contribution in [-0.2, 0) is 0 Å². The highest BCUT2D eigenvalue weighted by Gasteiger charge is 2.26. The van der Waals surface area contributed by atoms with E-state index in [2.05, 4.69) is 27.3 Å². The highest BCUT2D eigenvalue weighted by Crippen LogP contribution is 2.34. The minimum atomic E-state index is 0.610. The minimum absolute atomic E-state index is 0.610. The molecule has 2 aliphatic rings. The maximum absolute atomic E-state index is 9.14. The molecule has 1 N–H and O–H groups in total. The first-order valence-corrected chi connectivity index (χ1v) is 8.86. The SMILES string of the molecule is N#Cc1ccc2[nH]cc(C3CCN(N4CCCCC4)CC3)c2c1. The number of rotatable bonds is 2. The molecule has 0 spiro atoms. The summed E-state index contributed by atoms with van der Waals surface area (Å²) in [7, 11) is 0. The lowest BCUT2D eigenvalue weighted by atomic mass is 9.89. The Morgan fingerprint density at radius 1 is 1.00 bits per heavy atom. The van der Waals surface area contributed by atoms with Gasteiger partial charge in [-0.05, 0) is 55.4 Å². The maximum Gasteiger partial charge on any atom is 0.0991 e. The molecule has 0 amide bonds. The third kappa shape index (κ3) is 2.87. The monoisotopic (exact) mass is 308 g/mol. The van der Waals surface area contributed by atoms with E-state index in [4.69, 9.17) is 5.26 Å². The van der Waals surface area contributed by atoms with Gasteiger partial charge in [-0.2, -0.15) is 5.26 Å². The lowest BCUT2D eigenvalue weighted by molar-refractivity contribution is -0.0552. The zero-order chi connectivity index (χ0) is 15.6. The molecule has 120 valence electrons. The molecule has 1 aromatic carbocycles. The van der Waals surface area contributed by atoms with E-state index in [0.717, 1.165) is 24.2 Å². The molecule has 0 unspecified atom stereocenters. The van der Waals surface area contributed by atoms with Gasteiger partial charge in [-0.15, -0.1) is 0 Å². The van der Waals surface area contributed by atoms with Crippen molar-refractivity contribution >= 4 is 10.9 Å². The highest BCUT2D eigenvalue weighted by molar-refractivity contribution is 5.85. The maximum atomic E-state index is 9.14. The van der Waals surface area contributed by atoms with Gasteiger partial charge in [0.1, 0.15) is 0 Å². The summed E-state index contributed by atoms with van der Waals surface area (Å²) in [5, 5.41) is 15.5. The van der Waals surface area contributed by atoms with Gasteiger partial charge in [0.2, 0.25) is 0 Å². The average molecular weight is 308 g/mol. The molecule has 4 heteroatoms. The van der Waals surface area contributed by atoms with E-state index in [0.29, 0.717) is 5.92 Å². The van der Waals surface area contributed by atoms with Crippen LogP contribution in [0, 0.1) is 11.3 Å². The number of aromatic nitrogens is 1. The first-order chi connectivity index (χ1) is 11.3. The van der Waals surface area contributed by atoms with Gasteiger partial charge in [0.25, 0.3) is 0 Å². The van der Waals surface area contributed by atoms with Crippen molar-refractivity contribution in [3.63, 3.8) is 0 Å². The Balaban J connectivity index is 1.49. The summed E-state index contributed by atoms with van der Waals surface area (Å²) in [6, 6.07) is 8.22. The molecule has 0 atom stereocenters. The fourth-order valence-electron chi connectivity index (χ4n) is 4.17. The molecule has 23 heavy (non-hydrogen) atoms. The van der Waals surface area contributed by atoms with Gasteiger partial charge in [-0.1, -0.05) is 6.42 Å². The van der Waals surface area contributed by atoms with Crippen LogP contribution in [0.1, 0.15) is 49.1 Å². The van der Waals surface area contributed by atoms with Crippen LogP contribution in [0.15, 0.2) is 24.4 Å². The molecule has 1 aromatic heterocycles. The van der Waals surface area contributed by atoms with Crippen LogP contribution in [-0.4, -0.2) is 41.2 Å². The Kier molecular flexibility index (Phi) is 4.07. The quantitative estimate of drug-likeness (QED) is 0.921. The average Bonchev–Trinajstić information content (AvgIpc) is 3.05. The number of aromatic amines is 1. The van der Waals surface area contributed by atoms with Crippen LogP contribution < -0.4 is 0 Å². The number of benzene rings is 1. The number of piperidine rings is 2. The van der Waals surface area contributed by atoms with E-state index in [1.165, 1.54) is 56.1 Å². The van der Waals surface area contributed by atoms with Gasteiger partial charge in [0, 0.05) is 43.3 Å². The summed E-state index contributed by atoms with van der Waals surface area (Å²) in [5.41, 5.74) is 3.30. The molecule has 0 radical (unpaired) electrons. The van der Waals surface area contributed by atoms with Gasteiger partial charge < -0.3 is 4.98 Å². The Morgan fingerprint density at radius 3 is 2.48 bits per heavy atom. The number of nitriles is 1. The molecule has 2 fully saturated rings. The number of nitrogens with zero attached hydrogens (tertiary/aromatic N) is 3. The van der Waals surface area contributed by atoms with Crippen molar-refractivity contribution < 1.29 is 0 Å². The minimum Gasteiger partial charge on any atom is -0.361 e. The standard InChI is InChI=1S/C19H24N4/c20-13-15-4-5-19-17(12-15)18(14-21-19)16-6-10-23(11-7-16)22-8-2-1-3-9-22/h4-5,12,14,16,21H,1-3,6-11H2. The predicted octanol–water partition coefficient (Wildman–Crippen LogP) is 3.62. The van der Waals surface area contributed by atoms with E-state index in [1.807, 2.05) is 18.2 Å². The van der Waals surface area contributed by atoms with Gasteiger partial charge in [0.05, 0.1) is 11.6 Å². The molecule has 0 aliphatic carbocycles. The van der Waals surface area contributed by atoms with Gasteiger partial charge in [-0.25, -0.2) is 10.0 Å². The zero-order valence-corrected chi connectivity index (χ0v) is 13.6. The Hall–Kier alpha value is -1.83. The van der Waals surface area contributed by atoms with E-state index in [-0.39, 0.29) is 0 Å². The molecular weight excluding hydrogens is 284 g/mol. The Morgan fingerprint density at radius 2 is 1.74 bits per heavy atom. The second kappa shape index (κ2) is 6.35. The summed E-state index contributed by atoms with van der Waals surface area (Å²) in [4.78, 5) is 3.38. The molecule has 4 nitrogen and oxygen atoms in total. The first kappa shape index (κ1) is 14.7. The van der Waals surface area contributed by atoms with Crippen molar-refractivity contribution in [2.24, 2.45) is 0 Å². The molecule has 4 rings (SSSR count). The molecule has 2 aliphatic heterocycles. The van der Waals surface area contributed by atoms with Crippen LogP contribution >= 0.6 is 0 Å². The second-order valence-corrected chi connectivity index (χ2v) is 6.86. The normalized spacial score (nSPS) is 21.5. The fraction of sp³-hybridized carbons (Fsp3) is 0.526. The summed E-state index contributed by atoms with van der Waals surface area (Å²) in [6.07, 6.45) is 8.66. The van der Waals surface area contributed by atoms with E-state index in [1.54, 1.807) is 0 Å². The fourth-order valence-corrected chi connectivity index (χ4v) is 4.17. The molecular formula is C19H24N4. The lowest BCUT2D eigenvalue weighted by Gasteiger charge is -2.41. The molecule has 0 saturated carbocycles. The predicted molar refractivity (Wildman–Crippen MR) is 92.0 cm³/mol. The number of hydrogen-bond donors (Lipinski definition) is 1. The van der Waals surface area contributed by atoms with Crippen molar-refractivity contribution in [2.45, 2.75) is 38.0 Å². The van der Waals surface area contributed by atoms with Crippen molar-refractivity contribution in [1.29, 1.82) is 5.26 Å². The zero-order valence-electron chi connectivity index (χ0n) is 13.6.